The zero-order valence-corrected chi connectivity index (χ0v) is 8.60. The van der Waals surface area contributed by atoms with Crippen molar-refractivity contribution in [1.29, 1.82) is 0 Å². The Bertz CT molecular complexity index is 399. The average Bonchev–Trinajstić information content (AvgIpc) is 2.27. The van der Waals surface area contributed by atoms with Crippen LogP contribution < -0.4 is 10.2 Å². The van der Waals surface area contributed by atoms with Gasteiger partial charge in [-0.05, 0) is 41.6 Å². The van der Waals surface area contributed by atoms with Crippen molar-refractivity contribution in [3.05, 3.63) is 29.3 Å². The Hall–Kier alpha value is -1.26. The monoisotopic (exact) mass is 204 g/mol. The van der Waals surface area contributed by atoms with E-state index in [0.29, 0.717) is 11.2 Å². The average molecular weight is 204 g/mol. The van der Waals surface area contributed by atoms with Gasteiger partial charge in [-0.2, -0.15) is 0 Å². The minimum Gasteiger partial charge on any atom is -0.497 e. The van der Waals surface area contributed by atoms with Crippen LogP contribution in [0.1, 0.15) is 17.5 Å². The van der Waals surface area contributed by atoms with Crippen LogP contribution in [0, 0.1) is 0 Å². The maximum absolute atomic E-state index is 9.27. The summed E-state index contributed by atoms with van der Waals surface area (Å²) in [5.41, 5.74) is 2.54. The first-order valence-corrected chi connectivity index (χ1v) is 4.96. The number of hydrogen-bond donors (Lipinski definition) is 2. The van der Waals surface area contributed by atoms with Crippen LogP contribution in [-0.2, 0) is 6.42 Å². The van der Waals surface area contributed by atoms with Gasteiger partial charge >= 0.3 is 7.12 Å². The van der Waals surface area contributed by atoms with Crippen molar-refractivity contribution >= 4 is 18.7 Å². The largest absolute Gasteiger partial charge is 0.497 e. The number of fused-ring (bicyclic) bond motifs is 1. The van der Waals surface area contributed by atoms with Crippen LogP contribution in [0.25, 0.3) is 6.08 Å². The lowest BCUT2D eigenvalue weighted by molar-refractivity contribution is 0.411. The van der Waals surface area contributed by atoms with E-state index in [1.807, 2.05) is 18.2 Å². The maximum atomic E-state index is 9.27. The van der Waals surface area contributed by atoms with E-state index >= 15 is 0 Å². The number of aryl methyl sites for hydroxylation is 1. The van der Waals surface area contributed by atoms with Gasteiger partial charge in [0.2, 0.25) is 0 Å². The van der Waals surface area contributed by atoms with Gasteiger partial charge in [-0.15, -0.1) is 0 Å². The van der Waals surface area contributed by atoms with Crippen LogP contribution in [0.4, 0.5) is 0 Å². The van der Waals surface area contributed by atoms with Crippen molar-refractivity contribution in [1.82, 2.24) is 0 Å². The van der Waals surface area contributed by atoms with Crippen molar-refractivity contribution in [3.63, 3.8) is 0 Å². The van der Waals surface area contributed by atoms with E-state index in [0.717, 1.165) is 24.0 Å². The predicted molar refractivity (Wildman–Crippen MR) is 60.2 cm³/mol. The number of allylic oxidation sites excluding steroid dienone is 1. The molecule has 0 atom stereocenters. The van der Waals surface area contributed by atoms with E-state index in [1.54, 1.807) is 13.2 Å². The van der Waals surface area contributed by atoms with E-state index in [-0.39, 0.29) is 0 Å². The van der Waals surface area contributed by atoms with Gasteiger partial charge in [0.05, 0.1) is 7.11 Å². The first kappa shape index (κ1) is 10.3. The molecule has 3 nitrogen and oxygen atoms in total. The highest BCUT2D eigenvalue weighted by Crippen LogP contribution is 2.22. The van der Waals surface area contributed by atoms with Gasteiger partial charge in [0.1, 0.15) is 5.75 Å². The highest BCUT2D eigenvalue weighted by atomic mass is 16.5. The molecule has 0 aromatic heterocycles. The minimum absolute atomic E-state index is 0.514. The number of methoxy groups -OCH3 is 1. The fourth-order valence-electron chi connectivity index (χ4n) is 1.89. The van der Waals surface area contributed by atoms with Gasteiger partial charge in [0, 0.05) is 0 Å². The molecule has 0 amide bonds. The Kier molecular flexibility index (Phi) is 2.80. The summed E-state index contributed by atoms with van der Waals surface area (Å²) in [7, 11) is 0.130. The highest BCUT2D eigenvalue weighted by Gasteiger charge is 2.20. The molecule has 0 fully saturated rings. The van der Waals surface area contributed by atoms with Gasteiger partial charge in [-0.25, -0.2) is 0 Å². The number of benzene rings is 1. The van der Waals surface area contributed by atoms with Gasteiger partial charge in [-0.3, -0.25) is 0 Å². The molecule has 0 radical (unpaired) electrons. The third kappa shape index (κ3) is 1.91. The van der Waals surface area contributed by atoms with Gasteiger partial charge in [0.15, 0.2) is 0 Å². The molecule has 78 valence electrons. The number of ether oxygens (including phenoxy) is 1. The Labute approximate surface area is 89.2 Å². The molecule has 0 heterocycles. The Morgan fingerprint density at radius 1 is 1.33 bits per heavy atom. The summed E-state index contributed by atoms with van der Waals surface area (Å²) in [6, 6.07) is 3.61. The molecule has 0 aliphatic heterocycles. The molecule has 0 saturated heterocycles. The molecule has 1 aliphatic rings. The molecule has 0 bridgehead atoms. The SMILES string of the molecule is COc1cc2c(c(B(O)O)c1)C=CCC2. The molecule has 1 aromatic carbocycles. The lowest BCUT2D eigenvalue weighted by Crippen LogP contribution is -2.33. The molecule has 4 heteroatoms. The van der Waals surface area contributed by atoms with Crippen LogP contribution in [0.5, 0.6) is 5.75 Å². The quantitative estimate of drug-likeness (QED) is 0.682. The standard InChI is InChI=1S/C11H13BO3/c1-15-9-6-8-4-2-3-5-10(8)11(7-9)12(13)14/h3,5-7,13-14H,2,4H2,1H3. The van der Waals surface area contributed by atoms with Crippen LogP contribution >= 0.6 is 0 Å². The van der Waals surface area contributed by atoms with Crippen molar-refractivity contribution < 1.29 is 14.8 Å². The third-order valence-corrected chi connectivity index (χ3v) is 2.65. The minimum atomic E-state index is -1.45. The van der Waals surface area contributed by atoms with E-state index in [1.165, 1.54) is 0 Å². The summed E-state index contributed by atoms with van der Waals surface area (Å²) in [6.45, 7) is 0. The zero-order valence-electron chi connectivity index (χ0n) is 8.60. The molecule has 0 unspecified atom stereocenters. The molecule has 1 aliphatic carbocycles. The summed E-state index contributed by atoms with van der Waals surface area (Å²) in [6.07, 6.45) is 5.89. The number of hydrogen-bond acceptors (Lipinski definition) is 3. The normalized spacial score (nSPS) is 13.5. The van der Waals surface area contributed by atoms with Crippen molar-refractivity contribution in [2.45, 2.75) is 12.8 Å². The molecule has 2 rings (SSSR count). The lowest BCUT2D eigenvalue weighted by atomic mass is 9.74. The van der Waals surface area contributed by atoms with E-state index in [4.69, 9.17) is 4.74 Å². The summed E-state index contributed by atoms with van der Waals surface area (Å²) >= 11 is 0. The van der Waals surface area contributed by atoms with Crippen LogP contribution in [0.15, 0.2) is 18.2 Å². The topological polar surface area (TPSA) is 49.7 Å². The highest BCUT2D eigenvalue weighted by molar-refractivity contribution is 6.59. The molecular formula is C11H13BO3. The molecule has 15 heavy (non-hydrogen) atoms. The van der Waals surface area contributed by atoms with Crippen LogP contribution in [0.2, 0.25) is 0 Å². The second-order valence-electron chi connectivity index (χ2n) is 3.60. The van der Waals surface area contributed by atoms with Crippen LogP contribution in [0.3, 0.4) is 0 Å². The Balaban J connectivity index is 2.57. The smallest absolute Gasteiger partial charge is 0.489 e. The predicted octanol–water partition coefficient (Wildman–Crippen LogP) is 0.334. The first-order valence-electron chi connectivity index (χ1n) is 4.96. The van der Waals surface area contributed by atoms with Gasteiger partial charge < -0.3 is 14.8 Å². The van der Waals surface area contributed by atoms with Crippen molar-refractivity contribution in [2.24, 2.45) is 0 Å². The van der Waals surface area contributed by atoms with Crippen LogP contribution in [-0.4, -0.2) is 24.3 Å². The Morgan fingerprint density at radius 2 is 2.13 bits per heavy atom. The fourth-order valence-corrected chi connectivity index (χ4v) is 1.89. The Morgan fingerprint density at radius 3 is 2.80 bits per heavy atom. The molecule has 0 saturated carbocycles. The number of rotatable bonds is 2. The first-order chi connectivity index (χ1) is 7.22. The summed E-state index contributed by atoms with van der Waals surface area (Å²) < 4.78 is 5.12. The van der Waals surface area contributed by atoms with Gasteiger partial charge in [0.25, 0.3) is 0 Å². The van der Waals surface area contributed by atoms with E-state index in [9.17, 15) is 10.0 Å². The zero-order chi connectivity index (χ0) is 10.8. The molecule has 0 spiro atoms. The third-order valence-electron chi connectivity index (χ3n) is 2.65. The molecule has 2 N–H and O–H groups in total. The second-order valence-corrected chi connectivity index (χ2v) is 3.60. The summed E-state index contributed by atoms with van der Waals surface area (Å²) in [5.74, 6) is 0.673. The second kappa shape index (κ2) is 4.09. The van der Waals surface area contributed by atoms with Crippen molar-refractivity contribution in [3.8, 4) is 5.75 Å². The maximum Gasteiger partial charge on any atom is 0.489 e. The summed E-state index contributed by atoms with van der Waals surface area (Å²) in [5, 5.41) is 18.5. The molecule has 1 aromatic rings. The van der Waals surface area contributed by atoms with E-state index in [2.05, 4.69) is 0 Å². The lowest BCUT2D eigenvalue weighted by Gasteiger charge is -2.16. The van der Waals surface area contributed by atoms with E-state index < -0.39 is 7.12 Å². The summed E-state index contributed by atoms with van der Waals surface area (Å²) in [4.78, 5) is 0. The van der Waals surface area contributed by atoms with Crippen molar-refractivity contribution in [2.75, 3.05) is 7.11 Å². The van der Waals surface area contributed by atoms with Gasteiger partial charge in [-0.1, -0.05) is 12.2 Å². The molecular weight excluding hydrogens is 191 g/mol. The fraction of sp³-hybridized carbons (Fsp3) is 0.273.